The van der Waals surface area contributed by atoms with Crippen molar-refractivity contribution in [1.82, 2.24) is 0 Å². The fraction of sp³-hybridized carbons (Fsp3) is 0.737. The molecule has 0 rings (SSSR count). The van der Waals surface area contributed by atoms with Gasteiger partial charge in [-0.3, -0.25) is 14.4 Å². The molecular weight excluding hydrogens is 781 g/mol. The van der Waals surface area contributed by atoms with E-state index in [1.165, 1.54) is 141 Å². The van der Waals surface area contributed by atoms with Crippen LogP contribution in [0.5, 0.6) is 0 Å². The summed E-state index contributed by atoms with van der Waals surface area (Å²) in [6, 6.07) is 0. The molecule has 63 heavy (non-hydrogen) atoms. The predicted molar refractivity (Wildman–Crippen MR) is 270 cm³/mol. The van der Waals surface area contributed by atoms with Crippen molar-refractivity contribution in [2.75, 3.05) is 13.2 Å². The summed E-state index contributed by atoms with van der Waals surface area (Å²) < 4.78 is 16.8. The van der Waals surface area contributed by atoms with Crippen LogP contribution < -0.4 is 0 Å². The normalized spacial score (nSPS) is 12.6. The molecule has 0 heterocycles. The molecule has 0 saturated heterocycles. The van der Waals surface area contributed by atoms with Crippen LogP contribution in [0, 0.1) is 0 Å². The van der Waals surface area contributed by atoms with Crippen LogP contribution in [0.3, 0.4) is 0 Å². The van der Waals surface area contributed by atoms with Gasteiger partial charge in [0.1, 0.15) is 13.2 Å². The van der Waals surface area contributed by atoms with Gasteiger partial charge in [0.25, 0.3) is 0 Å². The maximum absolute atomic E-state index is 12.8. The van der Waals surface area contributed by atoms with Gasteiger partial charge in [-0.05, 0) is 89.9 Å². The van der Waals surface area contributed by atoms with E-state index in [9.17, 15) is 14.4 Å². The maximum atomic E-state index is 12.8. The third-order valence-electron chi connectivity index (χ3n) is 11.3. The van der Waals surface area contributed by atoms with Gasteiger partial charge in [0.15, 0.2) is 6.10 Å². The molecule has 0 radical (unpaired) electrons. The van der Waals surface area contributed by atoms with Crippen molar-refractivity contribution in [3.63, 3.8) is 0 Å². The molecule has 1 unspecified atom stereocenters. The molecule has 1 atom stereocenters. The first kappa shape index (κ1) is 59.9. The molecule has 0 N–H and O–H groups in total. The average Bonchev–Trinajstić information content (AvgIpc) is 3.28. The van der Waals surface area contributed by atoms with E-state index in [1.54, 1.807) is 0 Å². The highest BCUT2D eigenvalue weighted by Crippen LogP contribution is 2.14. The Morgan fingerprint density at radius 3 is 1.05 bits per heavy atom. The summed E-state index contributed by atoms with van der Waals surface area (Å²) in [6.07, 6.45) is 64.6. The van der Waals surface area contributed by atoms with Crippen LogP contribution in [-0.2, 0) is 28.6 Å². The standard InChI is InChI=1S/C57H98O6/c1-4-7-10-13-16-19-22-25-27-28-30-32-35-38-41-44-47-50-56(59)62-53-54(52-61-55(58)49-46-43-40-37-34-31-24-21-18-15-12-9-6-3)63-57(60)51-48-45-42-39-36-33-29-26-23-20-17-14-11-8-5-2/h9,12,15,18,20-21,23-25,27,31,34,54H,4-8,10-11,13-14,16-17,19,22,26,28-30,32-33,35-53H2,1-3H3/b12-9-,18-15-,23-20-,24-21-,27-25-,34-31-. The number of carbonyl (C=O) groups is 3. The number of allylic oxidation sites excluding steroid dienone is 12. The molecule has 0 saturated carbocycles. The molecule has 0 aliphatic heterocycles. The van der Waals surface area contributed by atoms with Crippen LogP contribution in [0.2, 0.25) is 0 Å². The number of ether oxygens (including phenoxy) is 3. The van der Waals surface area contributed by atoms with Gasteiger partial charge in [-0.15, -0.1) is 0 Å². The SMILES string of the molecule is CC\C=C/C=C\C=C/C=C\CCCCCC(=O)OCC(COC(=O)CCCCCCCCC/C=C\CCCCCCCC)OC(=O)CCCCCCCCC/C=C\CCCCCC. The van der Waals surface area contributed by atoms with Crippen LogP contribution in [-0.4, -0.2) is 37.2 Å². The highest BCUT2D eigenvalue weighted by Gasteiger charge is 2.19. The summed E-state index contributed by atoms with van der Waals surface area (Å²) in [5.41, 5.74) is 0. The predicted octanol–water partition coefficient (Wildman–Crippen LogP) is 17.4. The van der Waals surface area contributed by atoms with Gasteiger partial charge in [-0.2, -0.15) is 0 Å². The van der Waals surface area contributed by atoms with Gasteiger partial charge in [0.05, 0.1) is 0 Å². The number of rotatable bonds is 47. The molecule has 0 aromatic carbocycles. The summed E-state index contributed by atoms with van der Waals surface area (Å²) in [6.45, 7) is 6.45. The Bertz CT molecular complexity index is 1190. The Morgan fingerprint density at radius 1 is 0.333 bits per heavy atom. The Kier molecular flexibility index (Phi) is 48.9. The number of unbranched alkanes of at least 4 members (excludes halogenated alkanes) is 27. The quantitative estimate of drug-likeness (QED) is 0.0199. The van der Waals surface area contributed by atoms with E-state index in [4.69, 9.17) is 14.2 Å². The highest BCUT2D eigenvalue weighted by atomic mass is 16.6. The fourth-order valence-electron chi connectivity index (χ4n) is 7.27. The van der Waals surface area contributed by atoms with E-state index in [2.05, 4.69) is 57.2 Å². The Hall–Kier alpha value is -3.15. The number of hydrogen-bond donors (Lipinski definition) is 0. The van der Waals surface area contributed by atoms with Gasteiger partial charge in [0.2, 0.25) is 0 Å². The largest absolute Gasteiger partial charge is 0.462 e. The third kappa shape index (κ3) is 49.7. The fourth-order valence-corrected chi connectivity index (χ4v) is 7.27. The molecule has 362 valence electrons. The molecule has 6 heteroatoms. The molecule has 0 aliphatic carbocycles. The van der Waals surface area contributed by atoms with E-state index in [-0.39, 0.29) is 31.1 Å². The smallest absolute Gasteiger partial charge is 0.306 e. The summed E-state index contributed by atoms with van der Waals surface area (Å²) in [5.74, 6) is -0.938. The minimum atomic E-state index is -0.795. The first-order valence-corrected chi connectivity index (χ1v) is 26.5. The second-order valence-corrected chi connectivity index (χ2v) is 17.5. The Labute approximate surface area is 389 Å². The molecule has 0 bridgehead atoms. The second kappa shape index (κ2) is 51.5. The van der Waals surface area contributed by atoms with Gasteiger partial charge in [0, 0.05) is 19.3 Å². The monoisotopic (exact) mass is 879 g/mol. The van der Waals surface area contributed by atoms with Gasteiger partial charge in [-0.25, -0.2) is 0 Å². The van der Waals surface area contributed by atoms with Crippen molar-refractivity contribution in [3.8, 4) is 0 Å². The Balaban J connectivity index is 4.43. The maximum Gasteiger partial charge on any atom is 0.306 e. The van der Waals surface area contributed by atoms with E-state index in [0.717, 1.165) is 70.6 Å². The molecule has 0 aromatic rings. The van der Waals surface area contributed by atoms with Crippen molar-refractivity contribution in [1.29, 1.82) is 0 Å². The van der Waals surface area contributed by atoms with Crippen molar-refractivity contribution in [2.45, 2.75) is 258 Å². The lowest BCUT2D eigenvalue weighted by molar-refractivity contribution is -0.167. The number of esters is 3. The van der Waals surface area contributed by atoms with E-state index >= 15 is 0 Å². The van der Waals surface area contributed by atoms with Crippen LogP contribution in [0.1, 0.15) is 252 Å². The number of hydrogen-bond acceptors (Lipinski definition) is 6. The molecule has 0 fully saturated rings. The Morgan fingerprint density at radius 2 is 0.635 bits per heavy atom. The lowest BCUT2D eigenvalue weighted by Gasteiger charge is -2.18. The van der Waals surface area contributed by atoms with Gasteiger partial charge in [-0.1, -0.05) is 216 Å². The lowest BCUT2D eigenvalue weighted by Crippen LogP contribution is -2.30. The summed E-state index contributed by atoms with van der Waals surface area (Å²) in [4.78, 5) is 38.0. The van der Waals surface area contributed by atoms with E-state index in [1.807, 2.05) is 36.5 Å². The van der Waals surface area contributed by atoms with Crippen LogP contribution >= 0.6 is 0 Å². The first-order valence-electron chi connectivity index (χ1n) is 26.5. The van der Waals surface area contributed by atoms with Gasteiger partial charge < -0.3 is 14.2 Å². The lowest BCUT2D eigenvalue weighted by atomic mass is 10.1. The summed E-state index contributed by atoms with van der Waals surface area (Å²) in [5, 5.41) is 0. The van der Waals surface area contributed by atoms with Crippen LogP contribution in [0.25, 0.3) is 0 Å². The zero-order valence-corrected chi connectivity index (χ0v) is 41.3. The first-order chi connectivity index (χ1) is 31.0. The number of carbonyl (C=O) groups excluding carboxylic acids is 3. The third-order valence-corrected chi connectivity index (χ3v) is 11.3. The summed E-state index contributed by atoms with van der Waals surface area (Å²) >= 11 is 0. The highest BCUT2D eigenvalue weighted by molar-refractivity contribution is 5.71. The molecule has 0 spiro atoms. The molecule has 0 aromatic heterocycles. The van der Waals surface area contributed by atoms with Gasteiger partial charge >= 0.3 is 17.9 Å². The van der Waals surface area contributed by atoms with Crippen molar-refractivity contribution >= 4 is 17.9 Å². The molecule has 0 amide bonds. The van der Waals surface area contributed by atoms with Crippen molar-refractivity contribution < 1.29 is 28.6 Å². The van der Waals surface area contributed by atoms with Crippen LogP contribution in [0.4, 0.5) is 0 Å². The van der Waals surface area contributed by atoms with E-state index in [0.29, 0.717) is 19.3 Å². The minimum absolute atomic E-state index is 0.0919. The van der Waals surface area contributed by atoms with Crippen molar-refractivity contribution in [2.24, 2.45) is 0 Å². The zero-order valence-electron chi connectivity index (χ0n) is 41.3. The average molecular weight is 879 g/mol. The second-order valence-electron chi connectivity index (χ2n) is 17.5. The molecule has 6 nitrogen and oxygen atoms in total. The van der Waals surface area contributed by atoms with Crippen molar-refractivity contribution in [3.05, 3.63) is 72.9 Å². The van der Waals surface area contributed by atoms with Crippen LogP contribution in [0.15, 0.2) is 72.9 Å². The van der Waals surface area contributed by atoms with E-state index < -0.39 is 6.10 Å². The zero-order chi connectivity index (χ0) is 45.8. The molecule has 0 aliphatic rings. The molecular formula is C57H98O6. The summed E-state index contributed by atoms with van der Waals surface area (Å²) in [7, 11) is 0. The minimum Gasteiger partial charge on any atom is -0.462 e. The topological polar surface area (TPSA) is 78.9 Å².